The van der Waals surface area contributed by atoms with Crippen LogP contribution in [-0.2, 0) is 19.1 Å². The molecule has 1 aromatic heterocycles. The Balaban J connectivity index is 2.43. The standard InChI is InChI=1S/C13H19NO4S2/c1-17-8-7-14(6-5-12(16)18-2)11(15)10-20-13-4-3-9-19-13/h3-4,9H,5-8,10H2,1-2H3. The van der Waals surface area contributed by atoms with Crippen LogP contribution in [0, 0.1) is 0 Å². The largest absolute Gasteiger partial charge is 0.469 e. The maximum atomic E-state index is 12.1. The summed E-state index contributed by atoms with van der Waals surface area (Å²) in [4.78, 5) is 24.9. The molecule has 0 aliphatic carbocycles. The number of thiophene rings is 1. The van der Waals surface area contributed by atoms with Crippen molar-refractivity contribution in [3.05, 3.63) is 17.5 Å². The number of rotatable bonds is 9. The van der Waals surface area contributed by atoms with Gasteiger partial charge >= 0.3 is 5.97 Å². The van der Waals surface area contributed by atoms with Crippen LogP contribution in [0.15, 0.2) is 21.7 Å². The Morgan fingerprint density at radius 3 is 2.75 bits per heavy atom. The van der Waals surface area contributed by atoms with Gasteiger partial charge < -0.3 is 14.4 Å². The first-order valence-corrected chi connectivity index (χ1v) is 8.03. The Bertz CT molecular complexity index is 409. The topological polar surface area (TPSA) is 55.8 Å². The normalized spacial score (nSPS) is 10.3. The molecule has 0 N–H and O–H groups in total. The van der Waals surface area contributed by atoms with Gasteiger partial charge in [0.2, 0.25) is 5.91 Å². The zero-order chi connectivity index (χ0) is 14.8. The number of esters is 1. The van der Waals surface area contributed by atoms with Crippen molar-refractivity contribution in [2.75, 3.05) is 39.7 Å². The number of amides is 1. The van der Waals surface area contributed by atoms with E-state index in [1.165, 1.54) is 18.9 Å². The van der Waals surface area contributed by atoms with Gasteiger partial charge in [-0.2, -0.15) is 0 Å². The van der Waals surface area contributed by atoms with E-state index in [1.807, 2.05) is 17.5 Å². The Labute approximate surface area is 127 Å². The van der Waals surface area contributed by atoms with E-state index >= 15 is 0 Å². The van der Waals surface area contributed by atoms with Gasteiger partial charge in [0, 0.05) is 20.2 Å². The second kappa shape index (κ2) is 9.79. The Morgan fingerprint density at radius 1 is 1.35 bits per heavy atom. The van der Waals surface area contributed by atoms with E-state index in [2.05, 4.69) is 4.74 Å². The molecule has 112 valence electrons. The van der Waals surface area contributed by atoms with Gasteiger partial charge in [-0.25, -0.2) is 0 Å². The molecule has 1 heterocycles. The SMILES string of the molecule is COCCN(CCC(=O)OC)C(=O)CSc1cccs1. The van der Waals surface area contributed by atoms with Crippen LogP contribution in [0.25, 0.3) is 0 Å². The van der Waals surface area contributed by atoms with Crippen LogP contribution in [0.2, 0.25) is 0 Å². The molecule has 0 fully saturated rings. The summed E-state index contributed by atoms with van der Waals surface area (Å²) in [5.41, 5.74) is 0. The molecule has 0 saturated heterocycles. The highest BCUT2D eigenvalue weighted by atomic mass is 32.2. The summed E-state index contributed by atoms with van der Waals surface area (Å²) in [5.74, 6) is 0.0567. The summed E-state index contributed by atoms with van der Waals surface area (Å²) < 4.78 is 10.7. The molecule has 5 nitrogen and oxygen atoms in total. The van der Waals surface area contributed by atoms with Crippen LogP contribution in [0.4, 0.5) is 0 Å². The molecule has 0 aliphatic heterocycles. The third-order valence-corrected chi connectivity index (χ3v) is 4.68. The summed E-state index contributed by atoms with van der Waals surface area (Å²) in [6, 6.07) is 3.94. The number of hydrogen-bond acceptors (Lipinski definition) is 6. The third kappa shape index (κ3) is 6.40. The van der Waals surface area contributed by atoms with Crippen molar-refractivity contribution in [2.45, 2.75) is 10.6 Å². The van der Waals surface area contributed by atoms with Gasteiger partial charge in [-0.3, -0.25) is 9.59 Å². The highest BCUT2D eigenvalue weighted by molar-refractivity contribution is 8.01. The summed E-state index contributed by atoms with van der Waals surface area (Å²) in [5, 5.41) is 1.98. The van der Waals surface area contributed by atoms with Crippen molar-refractivity contribution in [3.8, 4) is 0 Å². The zero-order valence-electron chi connectivity index (χ0n) is 11.7. The minimum atomic E-state index is -0.314. The molecule has 0 bridgehead atoms. The average Bonchev–Trinajstić information content (AvgIpc) is 2.97. The van der Waals surface area contributed by atoms with Crippen LogP contribution < -0.4 is 0 Å². The van der Waals surface area contributed by atoms with Gasteiger partial charge in [0.1, 0.15) is 0 Å². The lowest BCUT2D eigenvalue weighted by Crippen LogP contribution is -2.36. The first-order chi connectivity index (χ1) is 9.67. The van der Waals surface area contributed by atoms with Crippen molar-refractivity contribution in [1.29, 1.82) is 0 Å². The summed E-state index contributed by atoms with van der Waals surface area (Å²) in [7, 11) is 2.93. The molecule has 7 heteroatoms. The van der Waals surface area contributed by atoms with Crippen LogP contribution in [0.5, 0.6) is 0 Å². The first-order valence-electron chi connectivity index (χ1n) is 6.17. The molecule has 1 aromatic rings. The van der Waals surface area contributed by atoms with Gasteiger partial charge in [0.05, 0.1) is 30.1 Å². The number of carbonyl (C=O) groups is 2. The molecule has 0 spiro atoms. The maximum Gasteiger partial charge on any atom is 0.307 e. The molecule has 0 saturated carbocycles. The second-order valence-electron chi connectivity index (χ2n) is 3.92. The molecule has 0 aromatic carbocycles. The Kier molecular flexibility index (Phi) is 8.32. The summed E-state index contributed by atoms with van der Waals surface area (Å²) >= 11 is 3.12. The number of nitrogens with zero attached hydrogens (tertiary/aromatic N) is 1. The van der Waals surface area contributed by atoms with E-state index in [9.17, 15) is 9.59 Å². The van der Waals surface area contributed by atoms with Crippen LogP contribution in [-0.4, -0.2) is 56.4 Å². The fraction of sp³-hybridized carbons (Fsp3) is 0.538. The lowest BCUT2D eigenvalue weighted by Gasteiger charge is -2.21. The molecular formula is C13H19NO4S2. The van der Waals surface area contributed by atoms with E-state index in [-0.39, 0.29) is 18.3 Å². The van der Waals surface area contributed by atoms with E-state index in [1.54, 1.807) is 23.3 Å². The van der Waals surface area contributed by atoms with E-state index < -0.39 is 0 Å². The van der Waals surface area contributed by atoms with Crippen LogP contribution in [0.3, 0.4) is 0 Å². The second-order valence-corrected chi connectivity index (χ2v) is 6.14. The third-order valence-electron chi connectivity index (χ3n) is 2.56. The number of hydrogen-bond donors (Lipinski definition) is 0. The highest BCUT2D eigenvalue weighted by Crippen LogP contribution is 2.23. The monoisotopic (exact) mass is 317 g/mol. The quantitative estimate of drug-likeness (QED) is 0.514. The average molecular weight is 317 g/mol. The minimum Gasteiger partial charge on any atom is -0.469 e. The van der Waals surface area contributed by atoms with Crippen molar-refractivity contribution in [3.63, 3.8) is 0 Å². The van der Waals surface area contributed by atoms with Gasteiger partial charge in [0.15, 0.2) is 0 Å². The molecule has 0 radical (unpaired) electrons. The summed E-state index contributed by atoms with van der Waals surface area (Å²) in [6.45, 7) is 1.30. The molecule has 20 heavy (non-hydrogen) atoms. The lowest BCUT2D eigenvalue weighted by atomic mass is 10.3. The van der Waals surface area contributed by atoms with Crippen LogP contribution >= 0.6 is 23.1 Å². The Hall–Kier alpha value is -1.05. The van der Waals surface area contributed by atoms with Crippen molar-refractivity contribution >= 4 is 35.0 Å². The van der Waals surface area contributed by atoms with Gasteiger partial charge in [-0.15, -0.1) is 23.1 Å². The predicted molar refractivity (Wildman–Crippen MR) is 80.1 cm³/mol. The number of thioether (sulfide) groups is 1. The van der Waals surface area contributed by atoms with Crippen molar-refractivity contribution in [2.24, 2.45) is 0 Å². The molecule has 0 aliphatic rings. The summed E-state index contributed by atoms with van der Waals surface area (Å²) in [6.07, 6.45) is 0.204. The molecule has 1 rings (SSSR count). The fourth-order valence-electron chi connectivity index (χ4n) is 1.46. The van der Waals surface area contributed by atoms with E-state index in [0.717, 1.165) is 4.21 Å². The lowest BCUT2D eigenvalue weighted by molar-refractivity contribution is -0.141. The zero-order valence-corrected chi connectivity index (χ0v) is 13.3. The first kappa shape index (κ1) is 17.0. The maximum absolute atomic E-state index is 12.1. The number of ether oxygens (including phenoxy) is 2. The number of carbonyl (C=O) groups excluding carboxylic acids is 2. The van der Waals surface area contributed by atoms with E-state index in [0.29, 0.717) is 25.4 Å². The molecule has 1 amide bonds. The fourth-order valence-corrected chi connectivity index (χ4v) is 3.15. The molecule has 0 atom stereocenters. The highest BCUT2D eigenvalue weighted by Gasteiger charge is 2.15. The molecule has 0 unspecified atom stereocenters. The van der Waals surface area contributed by atoms with Gasteiger partial charge in [0.25, 0.3) is 0 Å². The van der Waals surface area contributed by atoms with Crippen molar-refractivity contribution < 1.29 is 19.1 Å². The Morgan fingerprint density at radius 2 is 2.15 bits per heavy atom. The molecular weight excluding hydrogens is 298 g/mol. The van der Waals surface area contributed by atoms with Gasteiger partial charge in [-0.1, -0.05) is 6.07 Å². The predicted octanol–water partition coefficient (Wildman–Crippen LogP) is 1.88. The number of methoxy groups -OCH3 is 2. The smallest absolute Gasteiger partial charge is 0.307 e. The van der Waals surface area contributed by atoms with Gasteiger partial charge in [-0.05, 0) is 11.4 Å². The van der Waals surface area contributed by atoms with Crippen molar-refractivity contribution in [1.82, 2.24) is 4.90 Å². The van der Waals surface area contributed by atoms with E-state index in [4.69, 9.17) is 4.74 Å². The van der Waals surface area contributed by atoms with Crippen LogP contribution in [0.1, 0.15) is 6.42 Å². The minimum absolute atomic E-state index is 0.00403.